The van der Waals surface area contributed by atoms with Crippen molar-refractivity contribution >= 4 is 57.3 Å². The van der Waals surface area contributed by atoms with Crippen LogP contribution in [0, 0.1) is 41.3 Å². The van der Waals surface area contributed by atoms with Gasteiger partial charge in [0.15, 0.2) is 0 Å². The number of fused-ring (bicyclic) bond motifs is 6. The Morgan fingerprint density at radius 3 is 1.06 bits per heavy atom. The van der Waals surface area contributed by atoms with Crippen molar-refractivity contribution in [2.24, 2.45) is 35.5 Å². The van der Waals surface area contributed by atoms with E-state index in [2.05, 4.69) is 196 Å². The molecule has 12 heterocycles. The van der Waals surface area contributed by atoms with Crippen LogP contribution in [-0.4, -0.2) is 218 Å². The van der Waals surface area contributed by atoms with Gasteiger partial charge >= 0.3 is 0 Å². The maximum atomic E-state index is 14.4. The van der Waals surface area contributed by atoms with E-state index in [1.165, 1.54) is 246 Å². The third-order valence-corrected chi connectivity index (χ3v) is 32.9. The van der Waals surface area contributed by atoms with E-state index >= 15 is 0 Å². The molecule has 12 aliphatic heterocycles. The summed E-state index contributed by atoms with van der Waals surface area (Å²) in [6, 6.07) is 47.7. The van der Waals surface area contributed by atoms with Crippen LogP contribution in [0.15, 0.2) is 127 Å². The molecule has 12 saturated heterocycles. The number of hydrogen-bond donors (Lipinski definition) is 3. The predicted octanol–water partition coefficient (Wildman–Crippen LogP) is 16.2. The van der Waals surface area contributed by atoms with E-state index in [1.54, 1.807) is 22.8 Å². The number of ether oxygens (including phenoxy) is 2. The third-order valence-electron chi connectivity index (χ3n) is 32.2. The standard InChI is InChI=1S/C18H25ClN2.C17H24N2O.C17H24N2.C16H21ClN2.C16H21FN2.C15H20N2O/c1-2-20-12-15-11-18(15,13-20)14-6-7-17(16(19)10-14)21-8-4-3-5-9-21;1-2-18-12-15-11-17(15,13-18)14-4-3-5-16(10-14)19-6-8-20-9-7-19;1-18-12-15-11-17(15,13-18)14-5-7-16(8-6-14)19-9-3-2-4-10-19;2*17-14-8-12(16-9-13(16)10-18-11-16)4-5-15(14)19-6-2-1-3-7-19;1-2-12(15-9-13(15)10-16-11-15)8-14(3-1)17-4-6-18-7-5-17/h6-7,10,15H,2-5,8-9,11-13H2,1H3;3-5,10,15H,2,6-9,11-13H2,1H3;5-8,15H,2-4,9-13H2,1H3;2*4-5,8,13,18H,1-3,6-7,9-11H2;1-3,8,13,16H,4-7,9-11H2. The molecule has 6 aromatic carbocycles. The van der Waals surface area contributed by atoms with Crippen molar-refractivity contribution in [3.63, 3.8) is 0 Å². The fourth-order valence-corrected chi connectivity index (χ4v) is 25.1. The minimum atomic E-state index is -0.0219. The summed E-state index contributed by atoms with van der Waals surface area (Å²) in [7, 11) is 2.26. The van der Waals surface area contributed by atoms with Crippen LogP contribution >= 0.6 is 23.2 Å². The first-order valence-corrected chi connectivity index (χ1v) is 47.2. The molecule has 0 spiro atoms. The van der Waals surface area contributed by atoms with Crippen molar-refractivity contribution in [1.29, 1.82) is 0 Å². The van der Waals surface area contributed by atoms with Crippen molar-refractivity contribution in [2.75, 3.05) is 233 Å². The van der Waals surface area contributed by atoms with Gasteiger partial charge in [-0.2, -0.15) is 0 Å². The van der Waals surface area contributed by atoms with Crippen molar-refractivity contribution in [1.82, 2.24) is 30.7 Å². The van der Waals surface area contributed by atoms with E-state index in [0.29, 0.717) is 27.1 Å². The molecular weight excluding hydrogens is 1480 g/mol. The van der Waals surface area contributed by atoms with Crippen LogP contribution in [0.5, 0.6) is 0 Å². The van der Waals surface area contributed by atoms with Crippen LogP contribution in [0.3, 0.4) is 0 Å². The summed E-state index contributed by atoms with van der Waals surface area (Å²) in [5.41, 5.74) is 18.9. The first kappa shape index (κ1) is 80.1. The second-order valence-electron chi connectivity index (χ2n) is 39.1. The number of hydrogen-bond acceptors (Lipinski definition) is 14. The van der Waals surface area contributed by atoms with E-state index in [4.69, 9.17) is 32.7 Å². The molecule has 0 aromatic heterocycles. The molecule has 24 rings (SSSR count). The molecule has 0 bridgehead atoms. The van der Waals surface area contributed by atoms with Crippen molar-refractivity contribution < 1.29 is 13.9 Å². The van der Waals surface area contributed by atoms with Crippen LogP contribution < -0.4 is 45.3 Å². The van der Waals surface area contributed by atoms with Crippen LogP contribution in [0.4, 0.5) is 38.5 Å². The molecule has 6 aromatic rings. The summed E-state index contributed by atoms with van der Waals surface area (Å²) >= 11 is 13.2. The monoisotopic (exact) mass is 1610 g/mol. The lowest BCUT2D eigenvalue weighted by Gasteiger charge is -2.30. The van der Waals surface area contributed by atoms with Crippen LogP contribution in [0.2, 0.25) is 10.0 Å². The van der Waals surface area contributed by atoms with Gasteiger partial charge in [0, 0.05) is 187 Å². The largest absolute Gasteiger partial charge is 0.378 e. The highest BCUT2D eigenvalue weighted by Crippen LogP contribution is 2.63. The molecule has 6 aliphatic carbocycles. The number of likely N-dealkylation sites (tertiary alicyclic amines) is 3. The number of halogens is 3. The molecule has 6 saturated carbocycles. The SMILES string of the molecule is CCN1CC2CC2(c2ccc(N3CCCCC3)c(Cl)c2)C1.CCN1CC2CC2(c2cccc(N3CCOCC3)c2)C1.CN1CC2CC2(c2ccc(N3CCCCC3)cc2)C1.Clc1cc(C23CNCC2C3)ccc1N1CCCCC1.Fc1cc(C23CNCC2C3)ccc1N1CCCCC1.c1cc(N2CCOCC2)cc(C23CNCC2C3)c1. The van der Waals surface area contributed by atoms with E-state index in [0.717, 1.165) is 163 Å². The number of piperidine rings is 10. The normalized spacial score (nSPS) is 33.5. The van der Waals surface area contributed by atoms with Crippen molar-refractivity contribution in [3.05, 3.63) is 177 Å². The van der Waals surface area contributed by atoms with Crippen LogP contribution in [0.25, 0.3) is 0 Å². The average Bonchev–Trinajstić information content (AvgIpc) is 1.56. The topological polar surface area (TPSA) is 83.7 Å². The molecule has 116 heavy (non-hydrogen) atoms. The third kappa shape index (κ3) is 16.2. The fourth-order valence-electron chi connectivity index (χ4n) is 24.5. The molecule has 12 unspecified atom stereocenters. The Bertz CT molecular complexity index is 4270. The first-order chi connectivity index (χ1) is 56.8. The lowest BCUT2D eigenvalue weighted by molar-refractivity contribution is 0.122. The molecule has 0 radical (unpaired) electrons. The predicted molar refractivity (Wildman–Crippen MR) is 478 cm³/mol. The highest BCUT2D eigenvalue weighted by molar-refractivity contribution is 6.33. The molecular formula is C99H135Cl2FN12O2. The summed E-state index contributed by atoms with van der Waals surface area (Å²) in [6.45, 7) is 38.1. The van der Waals surface area contributed by atoms with Crippen LogP contribution in [0.1, 0.15) is 163 Å². The van der Waals surface area contributed by atoms with Crippen molar-refractivity contribution in [3.8, 4) is 0 Å². The number of rotatable bonds is 14. The maximum absolute atomic E-state index is 14.4. The first-order valence-electron chi connectivity index (χ1n) is 46.4. The quantitative estimate of drug-likeness (QED) is 0.0968. The minimum Gasteiger partial charge on any atom is -0.378 e. The molecule has 3 N–H and O–H groups in total. The number of likely N-dealkylation sites (N-methyl/N-ethyl adjacent to an activating group) is 3. The Kier molecular flexibility index (Phi) is 23.4. The van der Waals surface area contributed by atoms with Gasteiger partial charge in [0.2, 0.25) is 0 Å². The summed E-state index contributed by atoms with van der Waals surface area (Å²) in [5.74, 6) is 5.16. The summed E-state index contributed by atoms with van der Waals surface area (Å²) < 4.78 is 25.3. The second-order valence-corrected chi connectivity index (χ2v) is 39.9. The van der Waals surface area contributed by atoms with Gasteiger partial charge < -0.3 is 69.5 Å². The smallest absolute Gasteiger partial charge is 0.146 e. The van der Waals surface area contributed by atoms with E-state index in [1.807, 2.05) is 6.07 Å². The van der Waals surface area contributed by atoms with Crippen LogP contribution in [-0.2, 0) is 42.0 Å². The molecule has 0 amide bonds. The van der Waals surface area contributed by atoms with Gasteiger partial charge in [-0.15, -0.1) is 0 Å². The van der Waals surface area contributed by atoms with E-state index in [-0.39, 0.29) is 11.2 Å². The minimum absolute atomic E-state index is 0.0219. The summed E-state index contributed by atoms with van der Waals surface area (Å²) in [6.07, 6.45) is 23.9. The average molecular weight is 1620 g/mol. The van der Waals surface area contributed by atoms with Crippen molar-refractivity contribution in [2.45, 2.75) is 162 Å². The van der Waals surface area contributed by atoms with Gasteiger partial charge in [-0.1, -0.05) is 91.6 Å². The number of nitrogens with one attached hydrogen (secondary N) is 3. The highest BCUT2D eigenvalue weighted by atomic mass is 35.5. The van der Waals surface area contributed by atoms with Gasteiger partial charge in [0.05, 0.1) is 53.5 Å². The lowest BCUT2D eigenvalue weighted by atomic mass is 9.94. The molecule has 18 aliphatic rings. The molecule has 624 valence electrons. The fraction of sp³-hybridized carbons (Fsp3) is 0.636. The zero-order chi connectivity index (χ0) is 78.6. The Labute approximate surface area is 704 Å². The van der Waals surface area contributed by atoms with E-state index in [9.17, 15) is 4.39 Å². The van der Waals surface area contributed by atoms with Gasteiger partial charge in [-0.3, -0.25) is 0 Å². The van der Waals surface area contributed by atoms with Gasteiger partial charge in [0.1, 0.15) is 5.82 Å². The number of nitrogens with zero attached hydrogens (tertiary/aromatic N) is 9. The Morgan fingerprint density at radius 1 is 0.345 bits per heavy atom. The zero-order valence-corrected chi connectivity index (χ0v) is 72.0. The molecule has 12 atom stereocenters. The van der Waals surface area contributed by atoms with Gasteiger partial charge in [-0.05, 0) is 297 Å². The Morgan fingerprint density at radius 2 is 0.690 bits per heavy atom. The van der Waals surface area contributed by atoms with E-state index < -0.39 is 0 Å². The molecule has 18 fully saturated rings. The molecule has 17 heteroatoms. The number of morpholine rings is 2. The summed E-state index contributed by atoms with van der Waals surface area (Å²) in [5, 5.41) is 12.4. The second kappa shape index (κ2) is 34.0. The Balaban J connectivity index is 0.0000000929. The summed E-state index contributed by atoms with van der Waals surface area (Å²) in [4.78, 5) is 22.3. The molecule has 14 nitrogen and oxygen atoms in total. The lowest BCUT2D eigenvalue weighted by Crippen LogP contribution is -2.36. The number of anilines is 6. The highest BCUT2D eigenvalue weighted by Gasteiger charge is 2.64. The van der Waals surface area contributed by atoms with Gasteiger partial charge in [-0.25, -0.2) is 4.39 Å². The van der Waals surface area contributed by atoms with Gasteiger partial charge in [0.25, 0.3) is 0 Å². The maximum Gasteiger partial charge on any atom is 0.146 e. The Hall–Kier alpha value is -5.69. The number of benzene rings is 6. The zero-order valence-electron chi connectivity index (χ0n) is 70.5.